The molecule has 0 aromatic heterocycles. The summed E-state index contributed by atoms with van der Waals surface area (Å²) in [5.74, 6) is 0.540. The Morgan fingerprint density at radius 3 is 2.63 bits per heavy atom. The number of halogens is 2. The molecule has 1 nitrogen and oxygen atoms in total. The molecule has 1 aliphatic rings. The summed E-state index contributed by atoms with van der Waals surface area (Å²) in [5, 5.41) is 3.98. The summed E-state index contributed by atoms with van der Waals surface area (Å²) in [6.45, 7) is 7.51. The van der Waals surface area contributed by atoms with Crippen molar-refractivity contribution in [1.82, 2.24) is 5.32 Å². The minimum atomic E-state index is -0.177. The molecule has 106 valence electrons. The Morgan fingerprint density at radius 1 is 1.42 bits per heavy atom. The van der Waals surface area contributed by atoms with E-state index < -0.39 is 0 Å². The molecule has 0 saturated heterocycles. The highest BCUT2D eigenvalue weighted by atomic mass is 35.5. The van der Waals surface area contributed by atoms with Crippen LogP contribution in [-0.4, -0.2) is 12.6 Å². The maximum atomic E-state index is 14.0. The Kier molecular flexibility index (Phi) is 4.52. The average Bonchev–Trinajstić information content (AvgIpc) is 3.15. The van der Waals surface area contributed by atoms with Crippen LogP contribution in [-0.2, 0) is 6.42 Å². The van der Waals surface area contributed by atoms with Gasteiger partial charge in [0, 0.05) is 17.6 Å². The molecule has 1 fully saturated rings. The fourth-order valence-corrected chi connectivity index (χ4v) is 2.83. The minimum absolute atomic E-state index is 0.138. The molecule has 0 aliphatic heterocycles. The zero-order valence-corrected chi connectivity index (χ0v) is 12.7. The fraction of sp³-hybridized carbons (Fsp3) is 0.625. The molecule has 1 N–H and O–H groups in total. The molecule has 1 atom stereocenters. The molecular weight excluding hydrogens is 261 g/mol. The van der Waals surface area contributed by atoms with Crippen LogP contribution in [0, 0.1) is 17.2 Å². The first-order valence-electron chi connectivity index (χ1n) is 7.08. The van der Waals surface area contributed by atoms with Crippen LogP contribution in [0.4, 0.5) is 4.39 Å². The van der Waals surface area contributed by atoms with E-state index in [1.54, 1.807) is 6.07 Å². The second-order valence-electron chi connectivity index (χ2n) is 6.38. The van der Waals surface area contributed by atoms with Crippen LogP contribution < -0.4 is 5.32 Å². The molecule has 1 saturated carbocycles. The highest BCUT2D eigenvalue weighted by Gasteiger charge is 2.41. The van der Waals surface area contributed by atoms with Gasteiger partial charge in [0.05, 0.1) is 0 Å². The number of benzene rings is 1. The molecule has 2 rings (SSSR count). The molecule has 1 unspecified atom stereocenters. The number of hydrogen-bond acceptors (Lipinski definition) is 1. The van der Waals surface area contributed by atoms with Crippen molar-refractivity contribution >= 4 is 11.6 Å². The van der Waals surface area contributed by atoms with Crippen molar-refractivity contribution in [2.75, 3.05) is 6.54 Å². The monoisotopic (exact) mass is 283 g/mol. The van der Waals surface area contributed by atoms with Crippen LogP contribution in [0.25, 0.3) is 0 Å². The summed E-state index contributed by atoms with van der Waals surface area (Å²) in [6.07, 6.45) is 3.32. The van der Waals surface area contributed by atoms with Crippen molar-refractivity contribution in [3.8, 4) is 0 Å². The van der Waals surface area contributed by atoms with Crippen LogP contribution >= 0.6 is 11.6 Å². The molecule has 19 heavy (non-hydrogen) atoms. The molecule has 0 radical (unpaired) electrons. The van der Waals surface area contributed by atoms with Crippen molar-refractivity contribution in [2.24, 2.45) is 11.3 Å². The minimum Gasteiger partial charge on any atom is -0.314 e. The molecule has 0 bridgehead atoms. The summed E-state index contributed by atoms with van der Waals surface area (Å²) in [4.78, 5) is 0. The molecule has 1 aromatic carbocycles. The van der Waals surface area contributed by atoms with E-state index in [1.807, 2.05) is 6.07 Å². The lowest BCUT2D eigenvalue weighted by Gasteiger charge is -2.31. The third-order valence-corrected chi connectivity index (χ3v) is 4.32. The zero-order valence-electron chi connectivity index (χ0n) is 12.0. The Labute approximate surface area is 120 Å². The maximum Gasteiger partial charge on any atom is 0.127 e. The summed E-state index contributed by atoms with van der Waals surface area (Å²) >= 11 is 5.81. The van der Waals surface area contributed by atoms with Gasteiger partial charge in [0.25, 0.3) is 0 Å². The molecule has 0 spiro atoms. The van der Waals surface area contributed by atoms with Gasteiger partial charge in [-0.15, -0.1) is 0 Å². The Hall–Kier alpha value is -0.600. The SMILES string of the molecule is CC(C)NCC(C)(Cc1ccc(Cl)cc1F)C1CC1. The van der Waals surface area contributed by atoms with Gasteiger partial charge in [-0.2, -0.15) is 0 Å². The second-order valence-corrected chi connectivity index (χ2v) is 6.81. The lowest BCUT2D eigenvalue weighted by Crippen LogP contribution is -2.38. The predicted molar refractivity (Wildman–Crippen MR) is 79.1 cm³/mol. The van der Waals surface area contributed by atoms with E-state index >= 15 is 0 Å². The lowest BCUT2D eigenvalue weighted by atomic mass is 9.78. The van der Waals surface area contributed by atoms with Crippen molar-refractivity contribution in [3.63, 3.8) is 0 Å². The zero-order chi connectivity index (χ0) is 14.0. The van der Waals surface area contributed by atoms with Gasteiger partial charge in [-0.25, -0.2) is 4.39 Å². The summed E-state index contributed by atoms with van der Waals surface area (Å²) in [5.41, 5.74) is 0.920. The van der Waals surface area contributed by atoms with E-state index in [1.165, 1.54) is 18.9 Å². The van der Waals surface area contributed by atoms with Gasteiger partial charge in [-0.1, -0.05) is 38.4 Å². The Morgan fingerprint density at radius 2 is 2.11 bits per heavy atom. The van der Waals surface area contributed by atoms with Crippen molar-refractivity contribution in [1.29, 1.82) is 0 Å². The van der Waals surface area contributed by atoms with Gasteiger partial charge in [0.15, 0.2) is 0 Å². The Balaban J connectivity index is 2.11. The lowest BCUT2D eigenvalue weighted by molar-refractivity contribution is 0.245. The van der Waals surface area contributed by atoms with E-state index in [9.17, 15) is 4.39 Å². The molecule has 0 heterocycles. The Bertz CT molecular complexity index is 442. The van der Waals surface area contributed by atoms with Gasteiger partial charge in [0.1, 0.15) is 5.82 Å². The topological polar surface area (TPSA) is 12.0 Å². The normalized spacial score (nSPS) is 18.6. The third-order valence-electron chi connectivity index (χ3n) is 4.09. The van der Waals surface area contributed by atoms with Gasteiger partial charge >= 0.3 is 0 Å². The smallest absolute Gasteiger partial charge is 0.127 e. The summed E-state index contributed by atoms with van der Waals surface area (Å²) in [6, 6.07) is 5.49. The van der Waals surface area contributed by atoms with Gasteiger partial charge in [-0.05, 0) is 48.3 Å². The summed E-state index contributed by atoms with van der Waals surface area (Å²) in [7, 11) is 0. The molecule has 3 heteroatoms. The first kappa shape index (κ1) is 14.8. The van der Waals surface area contributed by atoms with Gasteiger partial charge in [-0.3, -0.25) is 0 Å². The first-order chi connectivity index (χ1) is 8.90. The quantitative estimate of drug-likeness (QED) is 0.814. The largest absolute Gasteiger partial charge is 0.314 e. The first-order valence-corrected chi connectivity index (χ1v) is 7.46. The van der Waals surface area contributed by atoms with Crippen LogP contribution in [0.15, 0.2) is 18.2 Å². The van der Waals surface area contributed by atoms with Crippen LogP contribution in [0.3, 0.4) is 0 Å². The maximum absolute atomic E-state index is 14.0. The predicted octanol–water partition coefficient (Wildman–Crippen LogP) is 4.44. The molecule has 0 amide bonds. The highest BCUT2D eigenvalue weighted by Crippen LogP contribution is 2.47. The number of rotatable bonds is 6. The van der Waals surface area contributed by atoms with Gasteiger partial charge in [0.2, 0.25) is 0 Å². The van der Waals surface area contributed by atoms with Crippen LogP contribution in [0.1, 0.15) is 39.2 Å². The standard InChI is InChI=1S/C16H23ClFN/c1-11(2)19-10-16(3,13-5-6-13)9-12-4-7-14(17)8-15(12)18/h4,7-8,11,13,19H,5-6,9-10H2,1-3H3. The van der Waals surface area contributed by atoms with Crippen molar-refractivity contribution < 1.29 is 4.39 Å². The fourth-order valence-electron chi connectivity index (χ4n) is 2.67. The third kappa shape index (κ3) is 3.93. The molecular formula is C16H23ClFN. The van der Waals surface area contributed by atoms with E-state index in [4.69, 9.17) is 11.6 Å². The van der Waals surface area contributed by atoms with Gasteiger partial charge < -0.3 is 5.32 Å². The molecule has 1 aliphatic carbocycles. The number of nitrogens with one attached hydrogen (secondary N) is 1. The van der Waals surface area contributed by atoms with Crippen molar-refractivity contribution in [3.05, 3.63) is 34.6 Å². The van der Waals surface area contributed by atoms with E-state index in [0.717, 1.165) is 18.5 Å². The average molecular weight is 284 g/mol. The summed E-state index contributed by atoms with van der Waals surface area (Å²) < 4.78 is 14.0. The number of hydrogen-bond donors (Lipinski definition) is 1. The second kappa shape index (κ2) is 5.80. The van der Waals surface area contributed by atoms with E-state index in [-0.39, 0.29) is 11.2 Å². The van der Waals surface area contributed by atoms with Crippen LogP contribution in [0.5, 0.6) is 0 Å². The molecule has 1 aromatic rings. The van der Waals surface area contributed by atoms with Crippen LogP contribution in [0.2, 0.25) is 5.02 Å². The van der Waals surface area contributed by atoms with E-state index in [0.29, 0.717) is 17.0 Å². The highest BCUT2D eigenvalue weighted by molar-refractivity contribution is 6.30. The van der Waals surface area contributed by atoms with Crippen molar-refractivity contribution in [2.45, 2.75) is 46.1 Å². The van der Waals surface area contributed by atoms with E-state index in [2.05, 4.69) is 26.1 Å².